The van der Waals surface area contributed by atoms with Crippen LogP contribution in [0.25, 0.3) is 0 Å². The predicted molar refractivity (Wildman–Crippen MR) is 56.7 cm³/mol. The molecule has 0 heterocycles. The Hall–Kier alpha value is -1.58. The van der Waals surface area contributed by atoms with E-state index in [-0.39, 0.29) is 23.2 Å². The first-order valence-electron chi connectivity index (χ1n) is 4.94. The molecule has 2 rings (SSSR count). The van der Waals surface area contributed by atoms with Gasteiger partial charge in [-0.1, -0.05) is 13.0 Å². The molecule has 1 fully saturated rings. The van der Waals surface area contributed by atoms with E-state index in [1.54, 1.807) is 6.07 Å². The maximum atomic E-state index is 13.3. The van der Waals surface area contributed by atoms with Crippen LogP contribution in [0.15, 0.2) is 18.2 Å². The molecule has 1 saturated carbocycles. The lowest BCUT2D eigenvalue weighted by atomic mass is 10.2. The SMILES string of the molecule is CC1CC1C(=O)Nc1c(N)cccc1F. The molecule has 1 aromatic rings. The normalized spacial score (nSPS) is 23.6. The van der Waals surface area contributed by atoms with Crippen LogP contribution in [0.5, 0.6) is 0 Å². The molecule has 1 aliphatic carbocycles. The van der Waals surface area contributed by atoms with Crippen LogP contribution in [0, 0.1) is 17.7 Å². The summed E-state index contributed by atoms with van der Waals surface area (Å²) in [4.78, 5) is 11.6. The second kappa shape index (κ2) is 3.53. The fourth-order valence-corrected chi connectivity index (χ4v) is 1.58. The van der Waals surface area contributed by atoms with Crippen molar-refractivity contribution in [1.29, 1.82) is 0 Å². The van der Waals surface area contributed by atoms with Gasteiger partial charge in [-0.2, -0.15) is 0 Å². The van der Waals surface area contributed by atoms with Crippen molar-refractivity contribution in [1.82, 2.24) is 0 Å². The number of nitrogens with two attached hydrogens (primary N) is 1. The van der Waals surface area contributed by atoms with Crippen LogP contribution in [0.1, 0.15) is 13.3 Å². The van der Waals surface area contributed by atoms with Gasteiger partial charge in [0.2, 0.25) is 5.91 Å². The molecular formula is C11H13FN2O. The van der Waals surface area contributed by atoms with E-state index in [0.717, 1.165) is 6.42 Å². The molecule has 0 saturated heterocycles. The van der Waals surface area contributed by atoms with Crippen LogP contribution in [-0.2, 0) is 4.79 Å². The number of benzene rings is 1. The highest BCUT2D eigenvalue weighted by Crippen LogP contribution is 2.39. The van der Waals surface area contributed by atoms with E-state index in [9.17, 15) is 9.18 Å². The van der Waals surface area contributed by atoms with Gasteiger partial charge in [0.15, 0.2) is 0 Å². The van der Waals surface area contributed by atoms with E-state index < -0.39 is 5.82 Å². The summed E-state index contributed by atoms with van der Waals surface area (Å²) in [6.07, 6.45) is 0.875. The summed E-state index contributed by atoms with van der Waals surface area (Å²) in [5.74, 6) is -0.210. The summed E-state index contributed by atoms with van der Waals surface area (Å²) in [5, 5.41) is 2.53. The molecular weight excluding hydrogens is 195 g/mol. The molecule has 2 unspecified atom stereocenters. The molecule has 1 aromatic carbocycles. The van der Waals surface area contributed by atoms with Crippen LogP contribution in [0.4, 0.5) is 15.8 Å². The first-order chi connectivity index (χ1) is 7.09. The largest absolute Gasteiger partial charge is 0.397 e. The van der Waals surface area contributed by atoms with E-state index >= 15 is 0 Å². The van der Waals surface area contributed by atoms with Gasteiger partial charge < -0.3 is 11.1 Å². The summed E-state index contributed by atoms with van der Waals surface area (Å²) < 4.78 is 13.3. The van der Waals surface area contributed by atoms with Crippen LogP contribution >= 0.6 is 0 Å². The van der Waals surface area contributed by atoms with Crippen molar-refractivity contribution < 1.29 is 9.18 Å². The molecule has 3 N–H and O–H groups in total. The Morgan fingerprint density at radius 3 is 2.80 bits per heavy atom. The number of hydrogen-bond acceptors (Lipinski definition) is 2. The van der Waals surface area contributed by atoms with Gasteiger partial charge in [0.1, 0.15) is 11.5 Å². The fraction of sp³-hybridized carbons (Fsp3) is 0.364. The third-order valence-corrected chi connectivity index (χ3v) is 2.74. The van der Waals surface area contributed by atoms with Gasteiger partial charge in [0, 0.05) is 5.92 Å². The highest BCUT2D eigenvalue weighted by atomic mass is 19.1. The number of carbonyl (C=O) groups excluding carboxylic acids is 1. The second-order valence-corrected chi connectivity index (χ2v) is 4.01. The Kier molecular flexibility index (Phi) is 2.34. The van der Waals surface area contributed by atoms with E-state index in [4.69, 9.17) is 5.73 Å². The number of para-hydroxylation sites is 1. The Balaban J connectivity index is 2.13. The lowest BCUT2D eigenvalue weighted by Gasteiger charge is -2.08. The summed E-state index contributed by atoms with van der Waals surface area (Å²) in [7, 11) is 0. The number of carbonyl (C=O) groups is 1. The van der Waals surface area contributed by atoms with Crippen LogP contribution < -0.4 is 11.1 Å². The minimum Gasteiger partial charge on any atom is -0.397 e. The molecule has 1 aliphatic rings. The van der Waals surface area contributed by atoms with Crippen molar-refractivity contribution in [2.24, 2.45) is 11.8 Å². The summed E-state index contributed by atoms with van der Waals surface area (Å²) in [6.45, 7) is 1.99. The maximum absolute atomic E-state index is 13.3. The second-order valence-electron chi connectivity index (χ2n) is 4.01. The number of hydrogen-bond donors (Lipinski definition) is 2. The van der Waals surface area contributed by atoms with Gasteiger partial charge >= 0.3 is 0 Å². The monoisotopic (exact) mass is 208 g/mol. The quantitative estimate of drug-likeness (QED) is 0.730. The molecule has 0 bridgehead atoms. The first kappa shape index (κ1) is 9.96. The minimum absolute atomic E-state index is 0.0176. The van der Waals surface area contributed by atoms with Gasteiger partial charge in [-0.3, -0.25) is 4.79 Å². The summed E-state index contributed by atoms with van der Waals surface area (Å²) in [6, 6.07) is 4.36. The third kappa shape index (κ3) is 1.93. The van der Waals surface area contributed by atoms with E-state index in [0.29, 0.717) is 5.92 Å². The molecule has 0 aromatic heterocycles. The lowest BCUT2D eigenvalue weighted by molar-refractivity contribution is -0.117. The zero-order chi connectivity index (χ0) is 11.0. The highest BCUT2D eigenvalue weighted by Gasteiger charge is 2.39. The van der Waals surface area contributed by atoms with Crippen LogP contribution in [0.3, 0.4) is 0 Å². The van der Waals surface area contributed by atoms with Crippen molar-refractivity contribution in [3.8, 4) is 0 Å². The summed E-state index contributed by atoms with van der Waals surface area (Å²) in [5.41, 5.74) is 5.93. The number of amides is 1. The van der Waals surface area contributed by atoms with E-state index in [1.165, 1.54) is 12.1 Å². The topological polar surface area (TPSA) is 55.1 Å². The predicted octanol–water partition coefficient (Wildman–Crippen LogP) is 2.00. The Labute approximate surface area is 87.5 Å². The molecule has 2 atom stereocenters. The standard InChI is InChI=1S/C11H13FN2O/c1-6-5-7(6)11(15)14-10-8(12)3-2-4-9(10)13/h2-4,6-7H,5,13H2,1H3,(H,14,15). The number of nitrogen functional groups attached to an aromatic ring is 1. The molecule has 80 valence electrons. The average Bonchev–Trinajstić information content (AvgIpc) is 2.89. The van der Waals surface area contributed by atoms with Crippen molar-refractivity contribution in [3.63, 3.8) is 0 Å². The third-order valence-electron chi connectivity index (χ3n) is 2.74. The van der Waals surface area contributed by atoms with Gasteiger partial charge in [-0.15, -0.1) is 0 Å². The van der Waals surface area contributed by atoms with Gasteiger partial charge in [0.05, 0.1) is 5.69 Å². The first-order valence-corrected chi connectivity index (χ1v) is 4.94. The average molecular weight is 208 g/mol. The number of rotatable bonds is 2. The van der Waals surface area contributed by atoms with Crippen molar-refractivity contribution >= 4 is 17.3 Å². The van der Waals surface area contributed by atoms with Gasteiger partial charge in [0.25, 0.3) is 0 Å². The maximum Gasteiger partial charge on any atom is 0.227 e. The van der Waals surface area contributed by atoms with Crippen molar-refractivity contribution in [2.75, 3.05) is 11.1 Å². The van der Waals surface area contributed by atoms with Crippen molar-refractivity contribution in [2.45, 2.75) is 13.3 Å². The minimum atomic E-state index is -0.489. The Bertz CT molecular complexity index is 385. The molecule has 3 nitrogen and oxygen atoms in total. The zero-order valence-corrected chi connectivity index (χ0v) is 8.46. The molecule has 4 heteroatoms. The van der Waals surface area contributed by atoms with E-state index in [2.05, 4.69) is 5.32 Å². The molecule has 15 heavy (non-hydrogen) atoms. The Morgan fingerprint density at radius 2 is 2.27 bits per heavy atom. The van der Waals surface area contributed by atoms with E-state index in [1.807, 2.05) is 6.92 Å². The van der Waals surface area contributed by atoms with Crippen molar-refractivity contribution in [3.05, 3.63) is 24.0 Å². The Morgan fingerprint density at radius 1 is 1.60 bits per heavy atom. The van der Waals surface area contributed by atoms with Crippen LogP contribution in [0.2, 0.25) is 0 Å². The zero-order valence-electron chi connectivity index (χ0n) is 8.46. The lowest BCUT2D eigenvalue weighted by Crippen LogP contribution is -2.16. The molecule has 0 aliphatic heterocycles. The molecule has 0 spiro atoms. The number of anilines is 2. The van der Waals surface area contributed by atoms with Crippen LogP contribution in [-0.4, -0.2) is 5.91 Å². The van der Waals surface area contributed by atoms with Gasteiger partial charge in [-0.05, 0) is 24.5 Å². The molecule has 0 radical (unpaired) electrons. The summed E-state index contributed by atoms with van der Waals surface area (Å²) >= 11 is 0. The fourth-order valence-electron chi connectivity index (χ4n) is 1.58. The highest BCUT2D eigenvalue weighted by molar-refractivity contribution is 5.97. The molecule has 1 amide bonds. The number of halogens is 1. The number of nitrogens with one attached hydrogen (secondary N) is 1. The van der Waals surface area contributed by atoms with Gasteiger partial charge in [-0.25, -0.2) is 4.39 Å². The smallest absolute Gasteiger partial charge is 0.227 e.